The summed E-state index contributed by atoms with van der Waals surface area (Å²) in [6.07, 6.45) is 0. The van der Waals surface area contributed by atoms with Crippen LogP contribution in [-0.2, 0) is 16.1 Å². The molecule has 2 rings (SSSR count). The number of anilines is 2. The van der Waals surface area contributed by atoms with Gasteiger partial charge in [0, 0.05) is 22.1 Å². The van der Waals surface area contributed by atoms with Crippen LogP contribution < -0.4 is 10.6 Å². The molecule has 2 aromatic carbocycles. The molecule has 0 spiro atoms. The zero-order valence-electron chi connectivity index (χ0n) is 13.9. The lowest BCUT2D eigenvalue weighted by molar-refractivity contribution is -0.114. The van der Waals surface area contributed by atoms with Crippen LogP contribution >= 0.6 is 34.2 Å². The van der Waals surface area contributed by atoms with Gasteiger partial charge in [-0.05, 0) is 65.4 Å². The maximum Gasteiger partial charge on any atom is 0.338 e. The summed E-state index contributed by atoms with van der Waals surface area (Å²) in [5.74, 6) is -0.605. The van der Waals surface area contributed by atoms with Gasteiger partial charge in [0.1, 0.15) is 0 Å². The number of hydrogen-bond acceptors (Lipinski definition) is 4. The van der Waals surface area contributed by atoms with Crippen LogP contribution in [0.25, 0.3) is 0 Å². The molecular weight excluding hydrogens is 455 g/mol. The summed E-state index contributed by atoms with van der Waals surface area (Å²) in [6.45, 7) is 3.93. The van der Waals surface area contributed by atoms with Crippen molar-refractivity contribution in [3.63, 3.8) is 0 Å². The third-order valence-corrected chi connectivity index (χ3v) is 4.35. The summed E-state index contributed by atoms with van der Waals surface area (Å²) in [7, 11) is 0. The van der Waals surface area contributed by atoms with Crippen LogP contribution in [0.5, 0.6) is 0 Å². The minimum Gasteiger partial charge on any atom is -0.462 e. The lowest BCUT2D eigenvalue weighted by Gasteiger charge is -2.15. The molecule has 0 unspecified atom stereocenters. The Kier molecular flexibility index (Phi) is 7.07. The molecule has 0 radical (unpaired) electrons. The molecular formula is C18H18ClIN2O3. The molecule has 0 aliphatic heterocycles. The first-order chi connectivity index (χ1) is 11.9. The van der Waals surface area contributed by atoms with E-state index in [9.17, 15) is 9.59 Å². The number of esters is 1. The van der Waals surface area contributed by atoms with Crippen LogP contribution in [-0.4, -0.2) is 18.5 Å². The molecule has 132 valence electrons. The minimum atomic E-state index is -0.410. The second kappa shape index (κ2) is 9.05. The van der Waals surface area contributed by atoms with Crippen LogP contribution in [0.1, 0.15) is 29.8 Å². The fourth-order valence-corrected chi connectivity index (χ4v) is 3.11. The zero-order chi connectivity index (χ0) is 18.4. The number of carbonyl (C=O) groups is 2. The predicted molar refractivity (Wildman–Crippen MR) is 108 cm³/mol. The van der Waals surface area contributed by atoms with Crippen molar-refractivity contribution < 1.29 is 14.3 Å². The molecule has 0 fully saturated rings. The van der Waals surface area contributed by atoms with Gasteiger partial charge in [0.25, 0.3) is 0 Å². The molecule has 0 saturated heterocycles. The Morgan fingerprint density at radius 3 is 2.56 bits per heavy atom. The van der Waals surface area contributed by atoms with E-state index in [2.05, 4.69) is 33.2 Å². The Morgan fingerprint density at radius 2 is 1.92 bits per heavy atom. The second-order valence-corrected chi connectivity index (χ2v) is 6.90. The number of halogens is 2. The zero-order valence-corrected chi connectivity index (χ0v) is 16.8. The molecule has 0 aliphatic rings. The van der Waals surface area contributed by atoms with E-state index in [-0.39, 0.29) is 5.91 Å². The SMILES string of the molecule is CCOC(=O)c1ccc(NC(C)=O)c(NCc2ccc(I)cc2Cl)c1. The number of amides is 1. The summed E-state index contributed by atoms with van der Waals surface area (Å²) < 4.78 is 6.07. The Hall–Kier alpha value is -1.80. The van der Waals surface area contributed by atoms with E-state index in [1.54, 1.807) is 25.1 Å². The fourth-order valence-electron chi connectivity index (χ4n) is 2.19. The topological polar surface area (TPSA) is 67.4 Å². The average Bonchev–Trinajstić information content (AvgIpc) is 2.55. The number of hydrogen-bond donors (Lipinski definition) is 2. The summed E-state index contributed by atoms with van der Waals surface area (Å²) in [4.78, 5) is 23.3. The van der Waals surface area contributed by atoms with E-state index in [4.69, 9.17) is 16.3 Å². The van der Waals surface area contributed by atoms with Gasteiger partial charge in [0.15, 0.2) is 0 Å². The van der Waals surface area contributed by atoms with Crippen LogP contribution in [0, 0.1) is 3.57 Å². The molecule has 25 heavy (non-hydrogen) atoms. The van der Waals surface area contributed by atoms with E-state index in [0.717, 1.165) is 9.13 Å². The van der Waals surface area contributed by atoms with Gasteiger partial charge < -0.3 is 15.4 Å². The number of rotatable bonds is 6. The van der Waals surface area contributed by atoms with Gasteiger partial charge in [0.05, 0.1) is 23.5 Å². The molecule has 0 saturated carbocycles. The third-order valence-electron chi connectivity index (χ3n) is 3.33. The van der Waals surface area contributed by atoms with E-state index in [1.807, 2.05) is 18.2 Å². The first-order valence-electron chi connectivity index (χ1n) is 7.67. The minimum absolute atomic E-state index is 0.195. The van der Waals surface area contributed by atoms with Crippen molar-refractivity contribution >= 4 is 57.4 Å². The predicted octanol–water partition coefficient (Wildman–Crippen LogP) is 4.69. The standard InChI is InChI=1S/C18H18ClIN2O3/c1-3-25-18(24)12-5-7-16(22-11(2)23)17(8-12)21-10-13-4-6-14(20)9-15(13)19/h4-9,21H,3,10H2,1-2H3,(H,22,23). The van der Waals surface area contributed by atoms with Gasteiger partial charge in [0.2, 0.25) is 5.91 Å². The van der Waals surface area contributed by atoms with Crippen molar-refractivity contribution in [1.29, 1.82) is 0 Å². The van der Waals surface area contributed by atoms with E-state index in [0.29, 0.717) is 35.1 Å². The van der Waals surface area contributed by atoms with Crippen molar-refractivity contribution in [3.8, 4) is 0 Å². The second-order valence-electron chi connectivity index (χ2n) is 5.25. The molecule has 0 aliphatic carbocycles. The van der Waals surface area contributed by atoms with Gasteiger partial charge in [-0.3, -0.25) is 4.79 Å². The van der Waals surface area contributed by atoms with Crippen molar-refractivity contribution in [3.05, 3.63) is 56.1 Å². The molecule has 5 nitrogen and oxygen atoms in total. The molecule has 2 N–H and O–H groups in total. The van der Waals surface area contributed by atoms with Gasteiger partial charge in [-0.25, -0.2) is 4.79 Å². The lowest BCUT2D eigenvalue weighted by Crippen LogP contribution is -2.11. The molecule has 2 aromatic rings. The smallest absolute Gasteiger partial charge is 0.338 e. The van der Waals surface area contributed by atoms with Crippen LogP contribution in [0.2, 0.25) is 5.02 Å². The Bertz CT molecular complexity index is 796. The van der Waals surface area contributed by atoms with Gasteiger partial charge in [-0.2, -0.15) is 0 Å². The third kappa shape index (κ3) is 5.61. The molecule has 7 heteroatoms. The maximum atomic E-state index is 11.9. The summed E-state index contributed by atoms with van der Waals surface area (Å²) in [5, 5.41) is 6.62. The fraction of sp³-hybridized carbons (Fsp3) is 0.222. The molecule has 0 atom stereocenters. The summed E-state index contributed by atoms with van der Waals surface area (Å²) in [5.41, 5.74) is 2.53. The van der Waals surface area contributed by atoms with Gasteiger partial charge >= 0.3 is 5.97 Å². The normalized spacial score (nSPS) is 10.2. The summed E-state index contributed by atoms with van der Waals surface area (Å²) in [6, 6.07) is 10.7. The van der Waals surface area contributed by atoms with Crippen molar-refractivity contribution in [2.24, 2.45) is 0 Å². The highest BCUT2D eigenvalue weighted by Crippen LogP contribution is 2.26. The number of nitrogens with one attached hydrogen (secondary N) is 2. The van der Waals surface area contributed by atoms with Crippen LogP contribution in [0.4, 0.5) is 11.4 Å². The van der Waals surface area contributed by atoms with E-state index >= 15 is 0 Å². The van der Waals surface area contributed by atoms with Gasteiger partial charge in [-0.15, -0.1) is 0 Å². The largest absolute Gasteiger partial charge is 0.462 e. The maximum absolute atomic E-state index is 11.9. The van der Waals surface area contributed by atoms with Crippen molar-refractivity contribution in [2.45, 2.75) is 20.4 Å². The molecule has 0 aromatic heterocycles. The number of carbonyl (C=O) groups excluding carboxylic acids is 2. The quantitative estimate of drug-likeness (QED) is 0.473. The Balaban J connectivity index is 2.26. The summed E-state index contributed by atoms with van der Waals surface area (Å²) >= 11 is 8.45. The highest BCUT2D eigenvalue weighted by Gasteiger charge is 2.12. The van der Waals surface area contributed by atoms with E-state index in [1.165, 1.54) is 6.92 Å². The molecule has 0 bridgehead atoms. The first-order valence-corrected chi connectivity index (χ1v) is 9.13. The molecule has 1 amide bonds. The first kappa shape index (κ1) is 19.5. The lowest BCUT2D eigenvalue weighted by atomic mass is 10.1. The Labute approximate surface area is 165 Å². The monoisotopic (exact) mass is 472 g/mol. The molecule has 0 heterocycles. The van der Waals surface area contributed by atoms with Crippen LogP contribution in [0.15, 0.2) is 36.4 Å². The number of benzene rings is 2. The van der Waals surface area contributed by atoms with Crippen molar-refractivity contribution in [2.75, 3.05) is 17.2 Å². The highest BCUT2D eigenvalue weighted by molar-refractivity contribution is 14.1. The van der Waals surface area contributed by atoms with Gasteiger partial charge in [-0.1, -0.05) is 17.7 Å². The number of ether oxygens (including phenoxy) is 1. The van der Waals surface area contributed by atoms with Crippen LogP contribution in [0.3, 0.4) is 0 Å². The van der Waals surface area contributed by atoms with Crippen molar-refractivity contribution in [1.82, 2.24) is 0 Å². The Morgan fingerprint density at radius 1 is 1.16 bits per heavy atom. The highest BCUT2D eigenvalue weighted by atomic mass is 127. The average molecular weight is 473 g/mol. The van der Waals surface area contributed by atoms with E-state index < -0.39 is 5.97 Å².